The summed E-state index contributed by atoms with van der Waals surface area (Å²) < 4.78 is 0. The Kier molecular flexibility index (Phi) is 2.73. The van der Waals surface area contributed by atoms with Crippen LogP contribution in [0.4, 0.5) is 0 Å². The summed E-state index contributed by atoms with van der Waals surface area (Å²) in [6.07, 6.45) is 2.66. The van der Waals surface area contributed by atoms with Crippen molar-refractivity contribution in [2.24, 2.45) is 0 Å². The first-order chi connectivity index (χ1) is 5.25. The van der Waals surface area contributed by atoms with Crippen LogP contribution in [0.2, 0.25) is 0 Å². The van der Waals surface area contributed by atoms with Crippen molar-refractivity contribution >= 4 is 12.1 Å². The van der Waals surface area contributed by atoms with Crippen molar-refractivity contribution in [1.29, 1.82) is 0 Å². The van der Waals surface area contributed by atoms with Crippen LogP contribution in [0, 0.1) is 0 Å². The Balaban J connectivity index is 2.53. The van der Waals surface area contributed by atoms with Gasteiger partial charge in [-0.05, 0) is 19.3 Å². The Morgan fingerprint density at radius 1 is 1.55 bits per heavy atom. The molecule has 1 aliphatic heterocycles. The van der Waals surface area contributed by atoms with Gasteiger partial charge in [0.15, 0.2) is 6.29 Å². The van der Waals surface area contributed by atoms with Gasteiger partial charge in [0.05, 0.1) is 0 Å². The van der Waals surface area contributed by atoms with Gasteiger partial charge in [-0.25, -0.2) is 0 Å². The van der Waals surface area contributed by atoms with Crippen molar-refractivity contribution in [2.45, 2.75) is 25.3 Å². The lowest BCUT2D eigenvalue weighted by Crippen LogP contribution is -2.42. The number of carbonyl (C=O) groups is 2. The van der Waals surface area contributed by atoms with Crippen LogP contribution in [0.3, 0.4) is 0 Å². The topological polar surface area (TPSA) is 57.6 Å². The number of hydroxylamine groups is 2. The molecular weight excluding hydrogens is 146 g/mol. The number of nitrogens with zero attached hydrogens (tertiary/aromatic N) is 1. The van der Waals surface area contributed by atoms with Crippen LogP contribution in [0.5, 0.6) is 0 Å². The lowest BCUT2D eigenvalue weighted by atomic mass is 10.0. The summed E-state index contributed by atoms with van der Waals surface area (Å²) >= 11 is 0. The van der Waals surface area contributed by atoms with E-state index in [0.717, 1.165) is 17.9 Å². The summed E-state index contributed by atoms with van der Waals surface area (Å²) in [5, 5.41) is 10.1. The highest BCUT2D eigenvalue weighted by atomic mass is 16.5. The van der Waals surface area contributed by atoms with E-state index >= 15 is 0 Å². The van der Waals surface area contributed by atoms with Crippen LogP contribution in [0.1, 0.15) is 19.3 Å². The van der Waals surface area contributed by atoms with Gasteiger partial charge in [0.1, 0.15) is 6.04 Å². The maximum absolute atomic E-state index is 10.8. The van der Waals surface area contributed by atoms with Crippen LogP contribution in [-0.4, -0.2) is 34.9 Å². The quantitative estimate of drug-likeness (QED) is 0.452. The zero-order chi connectivity index (χ0) is 8.27. The molecule has 1 aliphatic rings. The number of hydrogen-bond donors (Lipinski definition) is 1. The first kappa shape index (κ1) is 8.36. The molecule has 0 saturated carbocycles. The molecule has 0 aromatic carbocycles. The van der Waals surface area contributed by atoms with Gasteiger partial charge < -0.3 is 5.21 Å². The molecule has 1 N–H and O–H groups in total. The molecule has 1 saturated heterocycles. The normalized spacial score (nSPS) is 26.5. The zero-order valence-electron chi connectivity index (χ0n) is 6.19. The minimum absolute atomic E-state index is 0.277. The molecule has 4 heteroatoms. The molecule has 1 heterocycles. The smallest absolute Gasteiger partial charge is 0.214 e. The molecule has 1 atom stereocenters. The van der Waals surface area contributed by atoms with Gasteiger partial charge in [-0.2, -0.15) is 5.06 Å². The highest BCUT2D eigenvalue weighted by molar-refractivity contribution is 6.27. The lowest BCUT2D eigenvalue weighted by Gasteiger charge is -2.27. The molecule has 0 radical (unpaired) electrons. The predicted molar refractivity (Wildman–Crippen MR) is 37.2 cm³/mol. The average molecular weight is 157 g/mol. The third-order valence-corrected chi connectivity index (χ3v) is 1.92. The highest BCUT2D eigenvalue weighted by Gasteiger charge is 2.26. The van der Waals surface area contributed by atoms with E-state index in [-0.39, 0.29) is 6.29 Å². The van der Waals surface area contributed by atoms with Crippen molar-refractivity contribution in [2.75, 3.05) is 6.54 Å². The van der Waals surface area contributed by atoms with E-state index in [4.69, 9.17) is 5.21 Å². The van der Waals surface area contributed by atoms with Crippen LogP contribution in [-0.2, 0) is 9.59 Å². The molecule has 0 bridgehead atoms. The Hall–Kier alpha value is -0.740. The van der Waals surface area contributed by atoms with E-state index in [1.54, 1.807) is 0 Å². The number of aldehydes is 1. The van der Waals surface area contributed by atoms with Crippen molar-refractivity contribution in [3.63, 3.8) is 0 Å². The summed E-state index contributed by atoms with van der Waals surface area (Å²) in [5.74, 6) is -0.521. The summed E-state index contributed by atoms with van der Waals surface area (Å²) in [4.78, 5) is 20.9. The third kappa shape index (κ3) is 1.85. The van der Waals surface area contributed by atoms with E-state index in [1.165, 1.54) is 0 Å². The average Bonchev–Trinajstić information content (AvgIpc) is 2.04. The van der Waals surface area contributed by atoms with Gasteiger partial charge >= 0.3 is 0 Å². The third-order valence-electron chi connectivity index (χ3n) is 1.92. The SMILES string of the molecule is O=CC(=O)C1CCCCN1O. The van der Waals surface area contributed by atoms with Gasteiger partial charge in [0.25, 0.3) is 0 Å². The maximum Gasteiger partial charge on any atom is 0.214 e. The molecule has 0 spiro atoms. The largest absolute Gasteiger partial charge is 0.313 e. The fraction of sp³-hybridized carbons (Fsp3) is 0.714. The molecule has 0 aromatic heterocycles. The van der Waals surface area contributed by atoms with E-state index in [2.05, 4.69) is 0 Å². The Morgan fingerprint density at radius 3 is 2.82 bits per heavy atom. The summed E-state index contributed by atoms with van der Waals surface area (Å²) in [6.45, 7) is 0.490. The minimum atomic E-state index is -0.582. The first-order valence-corrected chi connectivity index (χ1v) is 3.70. The van der Waals surface area contributed by atoms with Gasteiger partial charge in [0.2, 0.25) is 5.78 Å². The molecule has 1 unspecified atom stereocenters. The lowest BCUT2D eigenvalue weighted by molar-refractivity contribution is -0.162. The number of carbonyl (C=O) groups excluding carboxylic acids is 2. The number of rotatable bonds is 2. The van der Waals surface area contributed by atoms with Crippen LogP contribution in [0.15, 0.2) is 0 Å². The molecule has 62 valence electrons. The summed E-state index contributed by atoms with van der Waals surface area (Å²) in [6, 6.07) is -0.582. The minimum Gasteiger partial charge on any atom is -0.313 e. The van der Waals surface area contributed by atoms with Crippen LogP contribution >= 0.6 is 0 Å². The number of ketones is 1. The Bertz CT molecular complexity index is 169. The van der Waals surface area contributed by atoms with E-state index in [0.29, 0.717) is 13.0 Å². The highest BCUT2D eigenvalue weighted by Crippen LogP contribution is 2.14. The predicted octanol–water partition coefficient (Wildman–Crippen LogP) is -0.00190. The van der Waals surface area contributed by atoms with Crippen molar-refractivity contribution < 1.29 is 14.8 Å². The van der Waals surface area contributed by atoms with Gasteiger partial charge in [-0.15, -0.1) is 0 Å². The van der Waals surface area contributed by atoms with Crippen LogP contribution in [0.25, 0.3) is 0 Å². The second kappa shape index (κ2) is 3.59. The number of Topliss-reactive ketones (excluding diaryl/α,β-unsaturated/α-hetero) is 1. The van der Waals surface area contributed by atoms with E-state index in [9.17, 15) is 9.59 Å². The molecule has 11 heavy (non-hydrogen) atoms. The molecular formula is C7H11NO3. The van der Waals surface area contributed by atoms with Crippen molar-refractivity contribution in [3.8, 4) is 0 Å². The molecule has 1 rings (SSSR count). The van der Waals surface area contributed by atoms with Gasteiger partial charge in [0, 0.05) is 6.54 Å². The summed E-state index contributed by atoms with van der Waals surface area (Å²) in [7, 11) is 0. The van der Waals surface area contributed by atoms with Crippen molar-refractivity contribution in [1.82, 2.24) is 5.06 Å². The summed E-state index contributed by atoms with van der Waals surface area (Å²) in [5.41, 5.74) is 0. The van der Waals surface area contributed by atoms with E-state index in [1.807, 2.05) is 0 Å². The second-order valence-corrected chi connectivity index (χ2v) is 2.69. The van der Waals surface area contributed by atoms with Crippen molar-refractivity contribution in [3.05, 3.63) is 0 Å². The van der Waals surface area contributed by atoms with E-state index < -0.39 is 11.8 Å². The standard InChI is InChI=1S/C7H11NO3/c9-5-7(10)6-3-1-2-4-8(6)11/h5-6,11H,1-4H2. The number of piperidine rings is 1. The number of hydrogen-bond acceptors (Lipinski definition) is 4. The fourth-order valence-electron chi connectivity index (χ4n) is 1.28. The molecule has 0 aromatic rings. The Labute approximate surface area is 64.8 Å². The molecule has 4 nitrogen and oxygen atoms in total. The fourth-order valence-corrected chi connectivity index (χ4v) is 1.28. The molecule has 0 amide bonds. The molecule has 1 fully saturated rings. The zero-order valence-corrected chi connectivity index (χ0v) is 6.19. The van der Waals surface area contributed by atoms with Gasteiger partial charge in [-0.1, -0.05) is 0 Å². The van der Waals surface area contributed by atoms with Gasteiger partial charge in [-0.3, -0.25) is 9.59 Å². The maximum atomic E-state index is 10.8. The Morgan fingerprint density at radius 2 is 2.27 bits per heavy atom. The van der Waals surface area contributed by atoms with Crippen LogP contribution < -0.4 is 0 Å². The first-order valence-electron chi connectivity index (χ1n) is 3.70. The second-order valence-electron chi connectivity index (χ2n) is 2.69. The molecule has 0 aliphatic carbocycles. The monoisotopic (exact) mass is 157 g/mol.